The maximum Gasteiger partial charge on any atom is 0.320 e. The first kappa shape index (κ1) is 22.0. The molecule has 3 N–H and O–H groups in total. The third kappa shape index (κ3) is 5.74. The quantitative estimate of drug-likeness (QED) is 0.345. The number of benzene rings is 2. The number of phenolic OH excluding ortho intramolecular Hbond substituents is 1. The number of methoxy groups -OCH3 is 1. The van der Waals surface area contributed by atoms with Crippen LogP contribution in [0.4, 0.5) is 10.6 Å². The minimum absolute atomic E-state index is 0.0145. The number of amides is 2. The smallest absolute Gasteiger partial charge is 0.320 e. The number of carbonyl (C=O) groups is 1. The minimum Gasteiger partial charge on any atom is -0.504 e. The van der Waals surface area contributed by atoms with E-state index in [1.165, 1.54) is 12.7 Å². The van der Waals surface area contributed by atoms with Crippen LogP contribution in [0.5, 0.6) is 11.5 Å². The van der Waals surface area contributed by atoms with Crippen molar-refractivity contribution in [3.63, 3.8) is 0 Å². The molecule has 2 amide bonds. The maximum absolute atomic E-state index is 12.2. The Kier molecular flexibility index (Phi) is 6.94. The molecule has 0 radical (unpaired) electrons. The van der Waals surface area contributed by atoms with E-state index in [0.717, 1.165) is 19.3 Å². The molecule has 8 nitrogen and oxygen atoms in total. The van der Waals surface area contributed by atoms with Gasteiger partial charge in [0.1, 0.15) is 11.3 Å². The molecular formula is C25H25N5O3. The van der Waals surface area contributed by atoms with Gasteiger partial charge in [-0.25, -0.2) is 14.8 Å². The average molecular weight is 444 g/mol. The van der Waals surface area contributed by atoms with Gasteiger partial charge in [-0.2, -0.15) is 0 Å². The highest BCUT2D eigenvalue weighted by Gasteiger charge is 2.09. The van der Waals surface area contributed by atoms with E-state index in [-0.39, 0.29) is 11.8 Å². The van der Waals surface area contributed by atoms with Crippen molar-refractivity contribution in [2.45, 2.75) is 19.3 Å². The van der Waals surface area contributed by atoms with Crippen molar-refractivity contribution in [2.24, 2.45) is 0 Å². The lowest BCUT2D eigenvalue weighted by Gasteiger charge is -2.09. The second-order valence-corrected chi connectivity index (χ2v) is 7.50. The van der Waals surface area contributed by atoms with Gasteiger partial charge in [0.15, 0.2) is 17.1 Å². The van der Waals surface area contributed by atoms with E-state index in [2.05, 4.69) is 37.7 Å². The van der Waals surface area contributed by atoms with Gasteiger partial charge in [0.25, 0.3) is 0 Å². The molecule has 2 heterocycles. The van der Waals surface area contributed by atoms with E-state index in [0.29, 0.717) is 40.5 Å². The largest absolute Gasteiger partial charge is 0.504 e. The number of nitrogens with zero attached hydrogens (tertiary/aromatic N) is 3. The Balaban J connectivity index is 1.35. The summed E-state index contributed by atoms with van der Waals surface area (Å²) in [6, 6.07) is 18.4. The van der Waals surface area contributed by atoms with Crippen LogP contribution >= 0.6 is 0 Å². The van der Waals surface area contributed by atoms with Crippen molar-refractivity contribution in [2.75, 3.05) is 19.0 Å². The third-order valence-electron chi connectivity index (χ3n) is 5.14. The summed E-state index contributed by atoms with van der Waals surface area (Å²) in [6.07, 6.45) is 4.48. The molecule has 0 aliphatic heterocycles. The highest BCUT2D eigenvalue weighted by atomic mass is 16.5. The van der Waals surface area contributed by atoms with E-state index in [4.69, 9.17) is 4.74 Å². The first-order valence-electron chi connectivity index (χ1n) is 10.7. The Morgan fingerprint density at radius 3 is 2.67 bits per heavy atom. The van der Waals surface area contributed by atoms with Crippen molar-refractivity contribution >= 4 is 23.0 Å². The van der Waals surface area contributed by atoms with Crippen LogP contribution in [0, 0.1) is 0 Å². The molecule has 2 aromatic heterocycles. The van der Waals surface area contributed by atoms with Crippen LogP contribution in [-0.4, -0.2) is 39.7 Å². The van der Waals surface area contributed by atoms with Crippen LogP contribution in [0.25, 0.3) is 22.4 Å². The van der Waals surface area contributed by atoms with E-state index < -0.39 is 0 Å². The van der Waals surface area contributed by atoms with Gasteiger partial charge >= 0.3 is 6.03 Å². The number of rotatable bonds is 8. The second kappa shape index (κ2) is 10.4. The lowest BCUT2D eigenvalue weighted by atomic mass is 10.1. The average Bonchev–Trinajstić information content (AvgIpc) is 2.84. The second-order valence-electron chi connectivity index (χ2n) is 7.50. The van der Waals surface area contributed by atoms with Crippen molar-refractivity contribution in [1.29, 1.82) is 0 Å². The molecule has 0 aliphatic carbocycles. The number of urea groups is 1. The van der Waals surface area contributed by atoms with Gasteiger partial charge in [0, 0.05) is 12.1 Å². The summed E-state index contributed by atoms with van der Waals surface area (Å²) >= 11 is 0. The van der Waals surface area contributed by atoms with Crippen LogP contribution in [0.1, 0.15) is 18.4 Å². The zero-order chi connectivity index (χ0) is 23.0. The van der Waals surface area contributed by atoms with Crippen molar-refractivity contribution in [3.05, 3.63) is 72.4 Å². The van der Waals surface area contributed by atoms with Crippen LogP contribution in [0.3, 0.4) is 0 Å². The van der Waals surface area contributed by atoms with E-state index in [1.54, 1.807) is 36.5 Å². The van der Waals surface area contributed by atoms with Gasteiger partial charge in [0.05, 0.1) is 19.0 Å². The number of fused-ring (bicyclic) bond motifs is 1. The summed E-state index contributed by atoms with van der Waals surface area (Å²) in [6.45, 7) is 0.581. The zero-order valence-electron chi connectivity index (χ0n) is 18.3. The first-order valence-corrected chi connectivity index (χ1v) is 10.7. The fourth-order valence-corrected chi connectivity index (χ4v) is 3.42. The summed E-state index contributed by atoms with van der Waals surface area (Å²) in [5.74, 6) is 0.775. The van der Waals surface area contributed by atoms with Gasteiger partial charge in [0.2, 0.25) is 0 Å². The summed E-state index contributed by atoms with van der Waals surface area (Å²) in [4.78, 5) is 25.5. The number of pyridine rings is 1. The summed E-state index contributed by atoms with van der Waals surface area (Å²) in [5.41, 5.74) is 3.52. The number of nitrogens with one attached hydrogen (secondary N) is 2. The van der Waals surface area contributed by atoms with Crippen LogP contribution in [0.15, 0.2) is 66.9 Å². The number of ether oxygens (including phenoxy) is 1. The Morgan fingerprint density at radius 1 is 1.03 bits per heavy atom. The molecule has 8 heteroatoms. The van der Waals surface area contributed by atoms with Crippen LogP contribution in [-0.2, 0) is 6.42 Å². The van der Waals surface area contributed by atoms with Crippen molar-refractivity contribution in [3.8, 4) is 22.8 Å². The monoisotopic (exact) mass is 443 g/mol. The molecule has 0 unspecified atom stereocenters. The summed E-state index contributed by atoms with van der Waals surface area (Å²) in [5, 5.41) is 15.6. The molecule has 0 bridgehead atoms. The Bertz CT molecular complexity index is 1250. The van der Waals surface area contributed by atoms with Crippen molar-refractivity contribution < 1.29 is 14.6 Å². The number of carbonyl (C=O) groups excluding carboxylic acids is 1. The van der Waals surface area contributed by atoms with E-state index >= 15 is 0 Å². The SMILES string of the molecule is COc1ccc(-c2cnc3ccc(NC(=O)NCCCCc4ccccc4)nc3n2)cc1O. The van der Waals surface area contributed by atoms with Gasteiger partial charge in [-0.15, -0.1) is 0 Å². The molecule has 4 rings (SSSR count). The number of aromatic hydroxyl groups is 1. The normalized spacial score (nSPS) is 10.7. The first-order chi connectivity index (χ1) is 16.1. The van der Waals surface area contributed by atoms with Gasteiger partial charge < -0.3 is 15.2 Å². The number of aryl methyl sites for hydroxylation is 1. The zero-order valence-corrected chi connectivity index (χ0v) is 18.3. The van der Waals surface area contributed by atoms with Gasteiger partial charge in [-0.3, -0.25) is 10.3 Å². The topological polar surface area (TPSA) is 109 Å². The lowest BCUT2D eigenvalue weighted by molar-refractivity contribution is 0.252. The van der Waals surface area contributed by atoms with Gasteiger partial charge in [-0.05, 0) is 55.2 Å². The third-order valence-corrected chi connectivity index (χ3v) is 5.14. The Morgan fingerprint density at radius 2 is 1.88 bits per heavy atom. The van der Waals surface area contributed by atoms with E-state index in [9.17, 15) is 9.90 Å². The molecule has 33 heavy (non-hydrogen) atoms. The molecule has 0 saturated carbocycles. The fraction of sp³-hybridized carbons (Fsp3) is 0.200. The highest BCUT2D eigenvalue weighted by molar-refractivity contribution is 5.89. The molecule has 4 aromatic rings. The molecule has 168 valence electrons. The summed E-state index contributed by atoms with van der Waals surface area (Å²) < 4.78 is 5.08. The van der Waals surface area contributed by atoms with Gasteiger partial charge in [-0.1, -0.05) is 30.3 Å². The molecule has 0 aliphatic rings. The van der Waals surface area contributed by atoms with Crippen LogP contribution in [0.2, 0.25) is 0 Å². The predicted octanol–water partition coefficient (Wildman–Crippen LogP) is 4.55. The summed E-state index contributed by atoms with van der Waals surface area (Å²) in [7, 11) is 1.49. The van der Waals surface area contributed by atoms with Crippen LogP contribution < -0.4 is 15.4 Å². The lowest BCUT2D eigenvalue weighted by Crippen LogP contribution is -2.29. The molecule has 0 saturated heterocycles. The molecular weight excluding hydrogens is 418 g/mol. The predicted molar refractivity (Wildman–Crippen MR) is 127 cm³/mol. The Hall–Kier alpha value is -4.20. The number of hydrogen-bond donors (Lipinski definition) is 3. The van der Waals surface area contributed by atoms with Crippen molar-refractivity contribution in [1.82, 2.24) is 20.3 Å². The number of aromatic nitrogens is 3. The van der Waals surface area contributed by atoms with E-state index in [1.807, 2.05) is 18.2 Å². The fourth-order valence-electron chi connectivity index (χ4n) is 3.42. The molecule has 0 fully saturated rings. The highest BCUT2D eigenvalue weighted by Crippen LogP contribution is 2.30. The number of hydrogen-bond acceptors (Lipinski definition) is 6. The number of unbranched alkanes of at least 4 members (excludes halogenated alkanes) is 1. The molecule has 0 spiro atoms. The minimum atomic E-state index is -0.314. The Labute approximate surface area is 191 Å². The molecule has 2 aromatic carbocycles. The number of phenols is 1. The number of anilines is 1. The molecule has 0 atom stereocenters. The standard InChI is InChI=1S/C25H25N5O3/c1-33-22-12-10-18(15-21(22)31)20-16-27-19-11-13-23(29-24(19)28-20)30-25(32)26-14-6-5-9-17-7-3-2-4-8-17/h2-4,7-8,10-13,15-16,31H,5-6,9,14H2,1H3,(H2,26,28,29,30,32). The maximum atomic E-state index is 12.2.